The van der Waals surface area contributed by atoms with Crippen molar-refractivity contribution < 1.29 is 20.8 Å². The molecule has 0 atom stereocenters. The van der Waals surface area contributed by atoms with E-state index in [2.05, 4.69) is 26.0 Å². The van der Waals surface area contributed by atoms with E-state index in [9.17, 15) is 0 Å². The summed E-state index contributed by atoms with van der Waals surface area (Å²) in [7, 11) is 9.87. The van der Waals surface area contributed by atoms with E-state index in [1.54, 1.807) is 5.57 Å². The Bertz CT molecular complexity index is 185. The maximum atomic E-state index is 4.93. The van der Waals surface area contributed by atoms with E-state index in [0.717, 1.165) is 0 Å². The van der Waals surface area contributed by atoms with Crippen molar-refractivity contribution in [3.05, 3.63) is 23.3 Å². The van der Waals surface area contributed by atoms with Crippen LogP contribution >= 0.6 is 17.0 Å². The quantitative estimate of drug-likeness (QED) is 0.700. The van der Waals surface area contributed by atoms with Gasteiger partial charge in [-0.3, -0.25) is 0 Å². The molecular formula is C10H16Cl2Zr. The fourth-order valence-corrected chi connectivity index (χ4v) is 1.31. The second kappa shape index (κ2) is 9.50. The van der Waals surface area contributed by atoms with Crippen LogP contribution in [0.15, 0.2) is 23.3 Å². The average Bonchev–Trinajstić information content (AvgIpc) is 2.49. The zero-order valence-corrected chi connectivity index (χ0v) is 12.2. The second-order valence-electron chi connectivity index (χ2n) is 3.13. The summed E-state index contributed by atoms with van der Waals surface area (Å²) >= 11 is -0.826. The van der Waals surface area contributed by atoms with E-state index in [1.165, 1.54) is 31.3 Å². The summed E-state index contributed by atoms with van der Waals surface area (Å²) in [5.41, 5.74) is 3.07. The van der Waals surface area contributed by atoms with Crippen molar-refractivity contribution in [2.75, 3.05) is 0 Å². The van der Waals surface area contributed by atoms with E-state index in [0.29, 0.717) is 0 Å². The van der Waals surface area contributed by atoms with Gasteiger partial charge in [-0.1, -0.05) is 36.6 Å². The minimum atomic E-state index is -0.826. The summed E-state index contributed by atoms with van der Waals surface area (Å²) in [5, 5.41) is 0. The number of hydrogen-bond acceptors (Lipinski definition) is 0. The van der Waals surface area contributed by atoms with Gasteiger partial charge in [-0.25, -0.2) is 0 Å². The topological polar surface area (TPSA) is 0 Å². The van der Waals surface area contributed by atoms with Crippen LogP contribution in [0, 0.1) is 0 Å². The molecule has 0 aromatic heterocycles. The number of rotatable bonds is 3. The van der Waals surface area contributed by atoms with Gasteiger partial charge in [0.25, 0.3) is 0 Å². The van der Waals surface area contributed by atoms with Crippen LogP contribution in [0.3, 0.4) is 0 Å². The first-order valence-electron chi connectivity index (χ1n) is 4.57. The van der Waals surface area contributed by atoms with E-state index in [1.807, 2.05) is 0 Å². The van der Waals surface area contributed by atoms with Gasteiger partial charge in [-0.15, -0.1) is 0 Å². The zero-order chi connectivity index (χ0) is 10.1. The Balaban J connectivity index is 0.000000424. The summed E-state index contributed by atoms with van der Waals surface area (Å²) in [6, 6.07) is 0. The molecule has 0 aromatic rings. The van der Waals surface area contributed by atoms with Crippen molar-refractivity contribution in [1.29, 1.82) is 0 Å². The molecule has 0 amide bonds. The Labute approximate surface area is 100 Å². The summed E-state index contributed by atoms with van der Waals surface area (Å²) < 4.78 is 0. The molecule has 3 heteroatoms. The Hall–Kier alpha value is 0.943. The van der Waals surface area contributed by atoms with Crippen LogP contribution in [0.25, 0.3) is 0 Å². The SMILES string of the molecule is CCCCC1=CC(C)=CC1.[Cl][Zr][Cl]. The fraction of sp³-hybridized carbons (Fsp3) is 0.600. The molecular weight excluding hydrogens is 282 g/mol. The number of halogens is 2. The fourth-order valence-electron chi connectivity index (χ4n) is 1.31. The van der Waals surface area contributed by atoms with E-state index in [4.69, 9.17) is 17.0 Å². The normalized spacial score (nSPS) is 14.2. The van der Waals surface area contributed by atoms with Crippen LogP contribution in [-0.2, 0) is 20.8 Å². The second-order valence-corrected chi connectivity index (χ2v) is 6.86. The molecule has 0 nitrogen and oxygen atoms in total. The third-order valence-electron chi connectivity index (χ3n) is 1.97. The van der Waals surface area contributed by atoms with Gasteiger partial charge in [0.15, 0.2) is 0 Å². The summed E-state index contributed by atoms with van der Waals surface area (Å²) in [4.78, 5) is 0. The molecule has 0 radical (unpaired) electrons. The molecule has 1 rings (SSSR count). The summed E-state index contributed by atoms with van der Waals surface area (Å²) in [6.07, 6.45) is 9.83. The Morgan fingerprint density at radius 3 is 2.46 bits per heavy atom. The molecule has 0 bridgehead atoms. The van der Waals surface area contributed by atoms with E-state index >= 15 is 0 Å². The minimum absolute atomic E-state index is 0.826. The molecule has 0 heterocycles. The first-order valence-corrected chi connectivity index (χ1v) is 10.9. The molecule has 0 fully saturated rings. The van der Waals surface area contributed by atoms with Crippen molar-refractivity contribution in [2.45, 2.75) is 39.5 Å². The molecule has 0 N–H and O–H groups in total. The third-order valence-corrected chi connectivity index (χ3v) is 1.97. The molecule has 0 unspecified atom stereocenters. The molecule has 0 spiro atoms. The average molecular weight is 298 g/mol. The van der Waals surface area contributed by atoms with Crippen molar-refractivity contribution in [1.82, 2.24) is 0 Å². The number of unbranched alkanes of at least 4 members (excludes halogenated alkanes) is 1. The maximum absolute atomic E-state index is 4.93. The van der Waals surface area contributed by atoms with Crippen LogP contribution in [0.1, 0.15) is 39.5 Å². The molecule has 13 heavy (non-hydrogen) atoms. The van der Waals surface area contributed by atoms with Crippen LogP contribution < -0.4 is 0 Å². The molecule has 1 aliphatic carbocycles. The van der Waals surface area contributed by atoms with Crippen molar-refractivity contribution >= 4 is 17.0 Å². The van der Waals surface area contributed by atoms with Crippen molar-refractivity contribution in [3.63, 3.8) is 0 Å². The van der Waals surface area contributed by atoms with Gasteiger partial charge in [0, 0.05) is 0 Å². The zero-order valence-electron chi connectivity index (χ0n) is 8.24. The van der Waals surface area contributed by atoms with Gasteiger partial charge >= 0.3 is 37.9 Å². The number of allylic oxidation sites excluding steroid dienone is 4. The van der Waals surface area contributed by atoms with E-state index < -0.39 is 20.8 Å². The van der Waals surface area contributed by atoms with Crippen molar-refractivity contribution in [3.8, 4) is 0 Å². The Morgan fingerprint density at radius 2 is 2.08 bits per heavy atom. The monoisotopic (exact) mass is 296 g/mol. The molecule has 0 aromatic carbocycles. The van der Waals surface area contributed by atoms with Crippen LogP contribution in [-0.4, -0.2) is 0 Å². The van der Waals surface area contributed by atoms with Gasteiger partial charge in [0.05, 0.1) is 0 Å². The van der Waals surface area contributed by atoms with E-state index in [-0.39, 0.29) is 0 Å². The molecule has 0 saturated heterocycles. The predicted molar refractivity (Wildman–Crippen MR) is 57.7 cm³/mol. The van der Waals surface area contributed by atoms with Crippen LogP contribution in [0.5, 0.6) is 0 Å². The number of hydrogen-bond donors (Lipinski definition) is 0. The van der Waals surface area contributed by atoms with Crippen LogP contribution in [0.4, 0.5) is 0 Å². The Morgan fingerprint density at radius 1 is 1.46 bits per heavy atom. The molecule has 74 valence electrons. The molecule has 1 aliphatic rings. The van der Waals surface area contributed by atoms with Gasteiger partial charge in [-0.05, 0) is 26.2 Å². The van der Waals surface area contributed by atoms with Crippen molar-refractivity contribution in [2.24, 2.45) is 0 Å². The van der Waals surface area contributed by atoms with Gasteiger partial charge in [0.1, 0.15) is 0 Å². The van der Waals surface area contributed by atoms with Gasteiger partial charge < -0.3 is 0 Å². The summed E-state index contributed by atoms with van der Waals surface area (Å²) in [6.45, 7) is 4.43. The summed E-state index contributed by atoms with van der Waals surface area (Å²) in [5.74, 6) is 0. The first kappa shape index (κ1) is 13.9. The predicted octanol–water partition coefficient (Wildman–Crippen LogP) is 4.83. The molecule has 0 saturated carbocycles. The van der Waals surface area contributed by atoms with Gasteiger partial charge in [0.2, 0.25) is 0 Å². The third kappa shape index (κ3) is 7.97. The standard InChI is InChI=1S/C10H16.2ClH.Zr/c1-3-4-5-10-7-6-9(2)8-10;;;/h6,8H,3-5,7H2,1-2H3;2*1H;/q;;;+2/p-2. The molecule has 0 aliphatic heterocycles. The van der Waals surface area contributed by atoms with Gasteiger partial charge in [-0.2, -0.15) is 0 Å². The van der Waals surface area contributed by atoms with Crippen LogP contribution in [0.2, 0.25) is 0 Å². The first-order chi connectivity index (χ1) is 6.24. The Kier molecular flexibility index (Phi) is 10.2.